The number of ether oxygens (including phenoxy) is 3. The van der Waals surface area contributed by atoms with Crippen LogP contribution in [0.4, 0.5) is 26.5 Å². The Morgan fingerprint density at radius 3 is 2.75 bits per heavy atom. The van der Waals surface area contributed by atoms with Gasteiger partial charge in [-0.1, -0.05) is 0 Å². The Morgan fingerprint density at radius 2 is 2.06 bits per heavy atom. The van der Waals surface area contributed by atoms with Crippen molar-refractivity contribution in [1.82, 2.24) is 19.9 Å². The fraction of sp³-hybridized carbons (Fsp3) is 0.417. The minimum absolute atomic E-state index is 0.0111. The van der Waals surface area contributed by atoms with E-state index in [1.165, 1.54) is 35.8 Å². The highest BCUT2D eigenvalue weighted by molar-refractivity contribution is 6.00. The van der Waals surface area contributed by atoms with Gasteiger partial charge in [-0.05, 0) is 33.8 Å². The van der Waals surface area contributed by atoms with Crippen LogP contribution in [0.15, 0.2) is 24.4 Å². The van der Waals surface area contributed by atoms with Gasteiger partial charge in [-0.3, -0.25) is 9.69 Å². The lowest BCUT2D eigenvalue weighted by Crippen LogP contribution is -2.36. The molecule has 2 amide bonds. The van der Waals surface area contributed by atoms with E-state index in [9.17, 15) is 14.0 Å². The Labute approximate surface area is 207 Å². The van der Waals surface area contributed by atoms with E-state index >= 15 is 0 Å². The second-order valence-corrected chi connectivity index (χ2v) is 9.49. The number of anilines is 3. The lowest BCUT2D eigenvalue weighted by atomic mass is 10.1. The number of carbonyl (C=O) groups is 2. The second-order valence-electron chi connectivity index (χ2n) is 9.49. The Hall–Kier alpha value is -3.93. The zero-order chi connectivity index (χ0) is 26.2. The van der Waals surface area contributed by atoms with Crippen LogP contribution in [0, 0.1) is 5.82 Å². The number of carbonyl (C=O) groups excluding carboxylic acids is 2. The maximum Gasteiger partial charge on any atom is 0.415 e. The Bertz CT molecular complexity index is 1320. The van der Waals surface area contributed by atoms with Crippen molar-refractivity contribution in [2.24, 2.45) is 0 Å². The molecule has 1 atom stereocenters. The van der Waals surface area contributed by atoms with Crippen LogP contribution >= 0.6 is 0 Å². The van der Waals surface area contributed by atoms with Crippen LogP contribution < -0.4 is 20.3 Å². The van der Waals surface area contributed by atoms with Gasteiger partial charge in [0, 0.05) is 30.8 Å². The van der Waals surface area contributed by atoms with Crippen molar-refractivity contribution in [3.8, 4) is 5.75 Å². The number of aromatic nitrogens is 3. The van der Waals surface area contributed by atoms with Crippen molar-refractivity contribution in [2.45, 2.75) is 45.9 Å². The fourth-order valence-corrected chi connectivity index (χ4v) is 3.64. The highest BCUT2D eigenvalue weighted by Gasteiger charge is 2.26. The third-order valence-electron chi connectivity index (χ3n) is 5.34. The summed E-state index contributed by atoms with van der Waals surface area (Å²) in [6, 6.07) is 4.03. The van der Waals surface area contributed by atoms with Crippen molar-refractivity contribution in [1.29, 1.82) is 0 Å². The highest BCUT2D eigenvalue weighted by atomic mass is 19.1. The first-order valence-electron chi connectivity index (χ1n) is 11.3. The maximum absolute atomic E-state index is 14.7. The van der Waals surface area contributed by atoms with Gasteiger partial charge in [0.2, 0.25) is 0 Å². The lowest BCUT2D eigenvalue weighted by Gasteiger charge is -2.25. The van der Waals surface area contributed by atoms with Gasteiger partial charge in [-0.15, -0.1) is 0 Å². The number of hydrogen-bond donors (Lipinski definition) is 2. The number of benzene rings is 1. The summed E-state index contributed by atoms with van der Waals surface area (Å²) in [5, 5.41) is 10.3. The molecule has 4 rings (SSSR count). The maximum atomic E-state index is 14.7. The van der Waals surface area contributed by atoms with Crippen LogP contribution in [0.5, 0.6) is 5.75 Å². The van der Waals surface area contributed by atoms with Crippen molar-refractivity contribution >= 4 is 35.0 Å². The normalized spacial score (nSPS) is 16.2. The van der Waals surface area contributed by atoms with E-state index in [2.05, 4.69) is 20.7 Å². The molecular weight excluding hydrogens is 471 g/mol. The number of fused-ring (bicyclic) bond motifs is 3. The molecule has 3 aromatic rings. The van der Waals surface area contributed by atoms with Gasteiger partial charge in [-0.25, -0.2) is 14.2 Å². The summed E-state index contributed by atoms with van der Waals surface area (Å²) in [5.74, 6) is -0.110. The largest absolute Gasteiger partial charge is 0.494 e. The van der Waals surface area contributed by atoms with Crippen LogP contribution in [0.3, 0.4) is 0 Å². The van der Waals surface area contributed by atoms with Gasteiger partial charge >= 0.3 is 6.09 Å². The number of rotatable bonds is 2. The smallest absolute Gasteiger partial charge is 0.415 e. The zero-order valence-corrected chi connectivity index (χ0v) is 21.0. The van der Waals surface area contributed by atoms with Gasteiger partial charge < -0.3 is 24.8 Å². The monoisotopic (exact) mass is 500 g/mol. The van der Waals surface area contributed by atoms with Crippen LogP contribution in [-0.2, 0) is 16.1 Å². The molecule has 2 N–H and O–H groups in total. The molecule has 0 fully saturated rings. The number of nitrogens with zero attached hydrogens (tertiary/aromatic N) is 4. The summed E-state index contributed by atoms with van der Waals surface area (Å²) < 4.78 is 32.5. The van der Waals surface area contributed by atoms with Gasteiger partial charge in [0.15, 0.2) is 5.65 Å². The van der Waals surface area contributed by atoms with Crippen molar-refractivity contribution in [3.63, 3.8) is 0 Å². The molecule has 0 aliphatic carbocycles. The number of hydrogen-bond acceptors (Lipinski definition) is 8. The van der Waals surface area contributed by atoms with Gasteiger partial charge in [-0.2, -0.15) is 9.61 Å². The highest BCUT2D eigenvalue weighted by Crippen LogP contribution is 2.32. The summed E-state index contributed by atoms with van der Waals surface area (Å²) in [7, 11) is 2.95. The molecule has 0 spiro atoms. The molecule has 3 heterocycles. The molecule has 1 aliphatic heterocycles. The summed E-state index contributed by atoms with van der Waals surface area (Å²) in [6.45, 7) is 7.20. The first kappa shape index (κ1) is 25.2. The average Bonchev–Trinajstić information content (AvgIpc) is 3.22. The summed E-state index contributed by atoms with van der Waals surface area (Å²) in [6.07, 6.45) is 0.758. The van der Waals surface area contributed by atoms with E-state index in [0.29, 0.717) is 17.1 Å². The number of nitrogens with one attached hydrogen (secondary N) is 2. The summed E-state index contributed by atoms with van der Waals surface area (Å²) >= 11 is 0. The molecule has 0 saturated heterocycles. The summed E-state index contributed by atoms with van der Waals surface area (Å²) in [5.41, 5.74) is 0.405. The van der Waals surface area contributed by atoms with Gasteiger partial charge in [0.1, 0.15) is 34.4 Å². The first-order valence-corrected chi connectivity index (χ1v) is 11.3. The predicted octanol–water partition coefficient (Wildman–Crippen LogP) is 3.64. The molecule has 0 saturated carbocycles. The molecule has 12 heteroatoms. The minimum Gasteiger partial charge on any atom is -0.494 e. The minimum atomic E-state index is -0.725. The first-order chi connectivity index (χ1) is 17.0. The Kier molecular flexibility index (Phi) is 6.72. The molecule has 36 heavy (non-hydrogen) atoms. The van der Waals surface area contributed by atoms with Crippen LogP contribution in [0.1, 0.15) is 43.6 Å². The standard InChI is InChI=1S/C24H29FN6O5/c1-13-11-35-12-14-7-17(18(34-6)8-16(14)25)28-19-9-20(30(5)23(33)36-24(2,3)4)31-21(29-19)15(10-26-31)22(32)27-13/h7-10,13H,11-12H2,1-6H3,(H,27,32)(H,28,29)/t13-/m1/s1. The lowest BCUT2D eigenvalue weighted by molar-refractivity contribution is 0.0587. The number of amides is 2. The van der Waals surface area contributed by atoms with E-state index in [-0.39, 0.29) is 42.0 Å². The van der Waals surface area contributed by atoms with Gasteiger partial charge in [0.05, 0.1) is 32.2 Å². The van der Waals surface area contributed by atoms with E-state index in [4.69, 9.17) is 14.2 Å². The van der Waals surface area contributed by atoms with E-state index < -0.39 is 23.4 Å². The molecule has 0 unspecified atom stereocenters. The second kappa shape index (κ2) is 9.61. The number of methoxy groups -OCH3 is 1. The van der Waals surface area contributed by atoms with E-state index in [1.54, 1.807) is 39.8 Å². The third kappa shape index (κ3) is 5.18. The third-order valence-corrected chi connectivity index (χ3v) is 5.34. The molecule has 0 radical (unpaired) electrons. The topological polar surface area (TPSA) is 119 Å². The quantitative estimate of drug-likeness (QED) is 0.547. The molecule has 11 nitrogen and oxygen atoms in total. The molecule has 192 valence electrons. The van der Waals surface area contributed by atoms with Crippen LogP contribution in [0.2, 0.25) is 0 Å². The van der Waals surface area contributed by atoms with Crippen molar-refractivity contribution in [2.75, 3.05) is 31.0 Å². The molecule has 2 aromatic heterocycles. The van der Waals surface area contributed by atoms with Gasteiger partial charge in [0.25, 0.3) is 5.91 Å². The molecule has 1 aromatic carbocycles. The SMILES string of the molecule is COc1cc(F)c2cc1Nc1cc(N(C)C(=O)OC(C)(C)C)n3ncc(c3n1)C(=O)N[C@H](C)COC2. The van der Waals surface area contributed by atoms with Crippen LogP contribution in [0.25, 0.3) is 5.65 Å². The van der Waals surface area contributed by atoms with E-state index in [0.717, 1.165) is 0 Å². The fourth-order valence-electron chi connectivity index (χ4n) is 3.64. The molecular formula is C24H29FN6O5. The van der Waals surface area contributed by atoms with E-state index in [1.807, 2.05) is 0 Å². The van der Waals surface area contributed by atoms with Crippen molar-refractivity contribution in [3.05, 3.63) is 41.3 Å². The van der Waals surface area contributed by atoms with Crippen LogP contribution in [-0.4, -0.2) is 59.0 Å². The Balaban J connectivity index is 1.89. The predicted molar refractivity (Wildman–Crippen MR) is 130 cm³/mol. The Morgan fingerprint density at radius 1 is 1.31 bits per heavy atom. The average molecular weight is 501 g/mol. The van der Waals surface area contributed by atoms with Crippen molar-refractivity contribution < 1.29 is 28.2 Å². The molecule has 4 bridgehead atoms. The molecule has 1 aliphatic rings. The summed E-state index contributed by atoms with van der Waals surface area (Å²) in [4.78, 5) is 31.7. The number of halogens is 1. The zero-order valence-electron chi connectivity index (χ0n) is 21.0.